The van der Waals surface area contributed by atoms with Gasteiger partial charge in [0, 0.05) is 19.7 Å². The number of nitrogens with one attached hydrogen (secondary N) is 1. The molecule has 1 N–H and O–H groups in total. The quantitative estimate of drug-likeness (QED) is 0.927. The van der Waals surface area contributed by atoms with E-state index in [2.05, 4.69) is 16.4 Å². The van der Waals surface area contributed by atoms with E-state index < -0.39 is 0 Å². The largest absolute Gasteiger partial charge is 0.490 e. The van der Waals surface area contributed by atoms with Gasteiger partial charge in [0.05, 0.1) is 31.3 Å². The first-order valence-corrected chi connectivity index (χ1v) is 6.82. The first-order valence-electron chi connectivity index (χ1n) is 6.82. The Morgan fingerprint density at radius 3 is 2.75 bits per heavy atom. The van der Waals surface area contributed by atoms with Gasteiger partial charge >= 0.3 is 0 Å². The normalized spacial score (nSPS) is 15.7. The highest BCUT2D eigenvalue weighted by atomic mass is 16.5. The lowest BCUT2D eigenvalue weighted by atomic mass is 10.0. The number of aryl methyl sites for hydroxylation is 1. The van der Waals surface area contributed by atoms with Crippen molar-refractivity contribution in [3.05, 3.63) is 42.0 Å². The zero-order valence-electron chi connectivity index (χ0n) is 11.8. The van der Waals surface area contributed by atoms with Crippen LogP contribution in [0.1, 0.15) is 23.7 Å². The molecule has 0 spiro atoms. The maximum Gasteiger partial charge on any atom is 0.161 e. The Hall–Kier alpha value is -2.01. The number of hydrogen-bond acceptors (Lipinski definition) is 4. The van der Waals surface area contributed by atoms with Crippen molar-refractivity contribution in [1.82, 2.24) is 14.9 Å². The Kier molecular flexibility index (Phi) is 3.60. The fourth-order valence-corrected chi connectivity index (χ4v) is 2.43. The third-order valence-corrected chi connectivity index (χ3v) is 3.41. The molecule has 0 radical (unpaired) electrons. The molecular weight excluding hydrogens is 254 g/mol. The van der Waals surface area contributed by atoms with Crippen LogP contribution in [0.3, 0.4) is 0 Å². The summed E-state index contributed by atoms with van der Waals surface area (Å²) in [5.74, 6) is 1.64. The van der Waals surface area contributed by atoms with Crippen LogP contribution in [0, 0.1) is 0 Å². The third-order valence-electron chi connectivity index (χ3n) is 3.41. The van der Waals surface area contributed by atoms with Gasteiger partial charge in [-0.1, -0.05) is 6.07 Å². The van der Waals surface area contributed by atoms with Crippen LogP contribution in [-0.2, 0) is 7.05 Å². The van der Waals surface area contributed by atoms with Crippen molar-refractivity contribution in [3.63, 3.8) is 0 Å². The van der Waals surface area contributed by atoms with Crippen LogP contribution >= 0.6 is 0 Å². The zero-order chi connectivity index (χ0) is 13.9. The van der Waals surface area contributed by atoms with Crippen molar-refractivity contribution in [1.29, 1.82) is 0 Å². The van der Waals surface area contributed by atoms with Crippen molar-refractivity contribution in [2.24, 2.45) is 7.05 Å². The van der Waals surface area contributed by atoms with E-state index in [0.29, 0.717) is 13.2 Å². The summed E-state index contributed by atoms with van der Waals surface area (Å²) in [5.41, 5.74) is 2.11. The summed E-state index contributed by atoms with van der Waals surface area (Å²) in [7, 11) is 3.90. The second kappa shape index (κ2) is 5.54. The van der Waals surface area contributed by atoms with Gasteiger partial charge in [-0.25, -0.2) is 4.98 Å². The van der Waals surface area contributed by atoms with E-state index in [1.54, 1.807) is 0 Å². The fourth-order valence-electron chi connectivity index (χ4n) is 2.43. The Labute approximate surface area is 118 Å². The molecule has 106 valence electrons. The van der Waals surface area contributed by atoms with Gasteiger partial charge in [-0.3, -0.25) is 0 Å². The van der Waals surface area contributed by atoms with E-state index in [1.807, 2.05) is 43.3 Å². The van der Waals surface area contributed by atoms with Crippen molar-refractivity contribution >= 4 is 0 Å². The monoisotopic (exact) mass is 273 g/mol. The van der Waals surface area contributed by atoms with Gasteiger partial charge in [-0.2, -0.15) is 0 Å². The summed E-state index contributed by atoms with van der Waals surface area (Å²) in [6, 6.07) is 6.12. The lowest BCUT2D eigenvalue weighted by molar-refractivity contribution is 0.297. The van der Waals surface area contributed by atoms with E-state index in [0.717, 1.165) is 29.2 Å². The van der Waals surface area contributed by atoms with E-state index >= 15 is 0 Å². The molecule has 20 heavy (non-hydrogen) atoms. The highest BCUT2D eigenvalue weighted by Gasteiger charge is 2.18. The molecule has 0 fully saturated rings. The summed E-state index contributed by atoms with van der Waals surface area (Å²) in [5, 5.41) is 3.30. The molecule has 5 nitrogen and oxygen atoms in total. The van der Waals surface area contributed by atoms with Gasteiger partial charge < -0.3 is 19.4 Å². The SMILES string of the molecule is CNC(c1ccc2c(c1)OCCCO2)c1cn(C)cn1. The lowest BCUT2D eigenvalue weighted by Crippen LogP contribution is -2.18. The van der Waals surface area contributed by atoms with Gasteiger partial charge in [0.15, 0.2) is 11.5 Å². The van der Waals surface area contributed by atoms with E-state index in [-0.39, 0.29) is 6.04 Å². The Morgan fingerprint density at radius 1 is 1.25 bits per heavy atom. The average Bonchev–Trinajstić information content (AvgIpc) is 2.75. The summed E-state index contributed by atoms with van der Waals surface area (Å²) >= 11 is 0. The van der Waals surface area contributed by atoms with Crippen LogP contribution in [0.4, 0.5) is 0 Å². The Balaban J connectivity index is 1.94. The van der Waals surface area contributed by atoms with Crippen LogP contribution in [0.25, 0.3) is 0 Å². The smallest absolute Gasteiger partial charge is 0.161 e. The molecule has 1 unspecified atom stereocenters. The molecule has 2 aromatic rings. The maximum absolute atomic E-state index is 5.75. The molecule has 0 saturated carbocycles. The van der Waals surface area contributed by atoms with Crippen molar-refractivity contribution in [2.45, 2.75) is 12.5 Å². The average molecular weight is 273 g/mol. The van der Waals surface area contributed by atoms with E-state index in [9.17, 15) is 0 Å². The van der Waals surface area contributed by atoms with Crippen molar-refractivity contribution in [3.8, 4) is 11.5 Å². The number of rotatable bonds is 3. The van der Waals surface area contributed by atoms with Crippen LogP contribution in [-0.4, -0.2) is 29.8 Å². The minimum atomic E-state index is 0.0494. The number of imidazole rings is 1. The predicted molar refractivity (Wildman–Crippen MR) is 76.2 cm³/mol. The van der Waals surface area contributed by atoms with Crippen LogP contribution in [0.5, 0.6) is 11.5 Å². The molecule has 0 aliphatic carbocycles. The summed E-state index contributed by atoms with van der Waals surface area (Å²) in [6.45, 7) is 1.41. The molecule has 0 saturated heterocycles. The highest BCUT2D eigenvalue weighted by Crippen LogP contribution is 2.33. The second-order valence-corrected chi connectivity index (χ2v) is 4.94. The molecule has 2 heterocycles. The number of benzene rings is 1. The van der Waals surface area contributed by atoms with Gasteiger partial charge in [0.1, 0.15) is 0 Å². The molecule has 5 heteroatoms. The highest BCUT2D eigenvalue weighted by molar-refractivity contribution is 5.45. The first-order chi connectivity index (χ1) is 9.78. The minimum Gasteiger partial charge on any atom is -0.490 e. The molecule has 1 aromatic carbocycles. The Bertz CT molecular complexity index is 595. The first kappa shape index (κ1) is 13.0. The molecular formula is C15H19N3O2. The van der Waals surface area contributed by atoms with Gasteiger partial charge in [-0.15, -0.1) is 0 Å². The topological polar surface area (TPSA) is 48.3 Å². The number of nitrogens with zero attached hydrogens (tertiary/aromatic N) is 2. The molecule has 1 aliphatic rings. The summed E-state index contributed by atoms with van der Waals surface area (Å²) in [6.07, 6.45) is 4.74. The number of ether oxygens (including phenoxy) is 2. The molecule has 1 aromatic heterocycles. The fraction of sp³-hybridized carbons (Fsp3) is 0.400. The standard InChI is InChI=1S/C15H19N3O2/c1-16-15(12-9-18(2)10-17-12)11-4-5-13-14(8-11)20-7-3-6-19-13/h4-5,8-10,15-16H,3,6-7H2,1-2H3. The van der Waals surface area contributed by atoms with Gasteiger partial charge in [0.2, 0.25) is 0 Å². The number of fused-ring (bicyclic) bond motifs is 1. The third kappa shape index (κ3) is 2.49. The molecule has 0 amide bonds. The number of hydrogen-bond donors (Lipinski definition) is 1. The molecule has 0 bridgehead atoms. The van der Waals surface area contributed by atoms with Crippen LogP contribution in [0.15, 0.2) is 30.7 Å². The van der Waals surface area contributed by atoms with E-state index in [4.69, 9.17) is 9.47 Å². The van der Waals surface area contributed by atoms with Gasteiger partial charge in [-0.05, 0) is 24.7 Å². The van der Waals surface area contributed by atoms with Crippen molar-refractivity contribution < 1.29 is 9.47 Å². The number of aromatic nitrogens is 2. The second-order valence-electron chi connectivity index (χ2n) is 4.94. The van der Waals surface area contributed by atoms with Crippen molar-refractivity contribution in [2.75, 3.05) is 20.3 Å². The van der Waals surface area contributed by atoms with Gasteiger partial charge in [0.25, 0.3) is 0 Å². The van der Waals surface area contributed by atoms with Crippen LogP contribution < -0.4 is 14.8 Å². The summed E-state index contributed by atoms with van der Waals surface area (Å²) in [4.78, 5) is 4.42. The molecule has 3 rings (SSSR count). The predicted octanol–water partition coefficient (Wildman–Crippen LogP) is 1.89. The molecule has 1 aliphatic heterocycles. The maximum atomic E-state index is 5.75. The zero-order valence-corrected chi connectivity index (χ0v) is 11.8. The lowest BCUT2D eigenvalue weighted by Gasteiger charge is -2.16. The minimum absolute atomic E-state index is 0.0494. The molecule has 1 atom stereocenters. The Morgan fingerprint density at radius 2 is 2.05 bits per heavy atom. The van der Waals surface area contributed by atoms with Crippen LogP contribution in [0.2, 0.25) is 0 Å². The summed E-state index contributed by atoms with van der Waals surface area (Å²) < 4.78 is 13.4. The van der Waals surface area contributed by atoms with E-state index in [1.165, 1.54) is 0 Å².